The molecular weight excluding hydrogens is 336 g/mol. The molecule has 1 aromatic heterocycles. The molecule has 27 heavy (non-hydrogen) atoms. The van der Waals surface area contributed by atoms with Crippen LogP contribution in [-0.4, -0.2) is 39.1 Å². The molecule has 142 valence electrons. The topological polar surface area (TPSA) is 41.4 Å². The van der Waals surface area contributed by atoms with Gasteiger partial charge in [0, 0.05) is 26.1 Å². The fourth-order valence-electron chi connectivity index (χ4n) is 4.06. The summed E-state index contributed by atoms with van der Waals surface area (Å²) in [7, 11) is 2.12. The molecule has 1 aliphatic carbocycles. The van der Waals surface area contributed by atoms with Gasteiger partial charge in [-0.15, -0.1) is 0 Å². The van der Waals surface area contributed by atoms with Crippen molar-refractivity contribution in [2.45, 2.75) is 45.4 Å². The minimum Gasteiger partial charge on any atom is -0.335 e. The number of amides is 1. The number of nitrogens with zero attached hydrogens (tertiary/aromatic N) is 4. The van der Waals surface area contributed by atoms with E-state index in [9.17, 15) is 4.79 Å². The monoisotopic (exact) mass is 364 g/mol. The Balaban J connectivity index is 1.34. The highest BCUT2D eigenvalue weighted by molar-refractivity contribution is 5.76. The maximum atomic E-state index is 12.6. The quantitative estimate of drug-likeness (QED) is 0.739. The fraction of sp³-hybridized carbons (Fsp3) is 0.455. The van der Waals surface area contributed by atoms with Crippen LogP contribution in [-0.2, 0) is 31.0 Å². The smallest absolute Gasteiger partial charge is 0.223 e. The molecule has 0 radical (unpaired) electrons. The number of rotatable bonds is 6. The predicted octanol–water partition coefficient (Wildman–Crippen LogP) is 3.21. The highest BCUT2D eigenvalue weighted by atomic mass is 16.2. The van der Waals surface area contributed by atoms with E-state index in [1.165, 1.54) is 5.56 Å². The molecule has 1 amide bonds. The molecule has 5 nitrogen and oxygen atoms in total. The van der Waals surface area contributed by atoms with Gasteiger partial charge in [0.15, 0.2) is 0 Å². The van der Waals surface area contributed by atoms with Crippen LogP contribution in [0.15, 0.2) is 48.6 Å². The molecule has 2 heterocycles. The second kappa shape index (κ2) is 8.09. The Morgan fingerprint density at radius 2 is 2.07 bits per heavy atom. The number of carbonyl (C=O) groups excluding carboxylic acids is 1. The van der Waals surface area contributed by atoms with Crippen LogP contribution in [0.1, 0.15) is 36.2 Å². The molecule has 0 spiro atoms. The third-order valence-electron chi connectivity index (χ3n) is 5.48. The van der Waals surface area contributed by atoms with Crippen LogP contribution in [0.2, 0.25) is 0 Å². The summed E-state index contributed by atoms with van der Waals surface area (Å²) in [5, 5.41) is 4.76. The average Bonchev–Trinajstić information content (AvgIpc) is 3.30. The summed E-state index contributed by atoms with van der Waals surface area (Å²) in [6, 6.07) is 12.7. The minimum atomic E-state index is 0.279. The van der Waals surface area contributed by atoms with Crippen LogP contribution in [0, 0.1) is 5.92 Å². The van der Waals surface area contributed by atoms with Gasteiger partial charge < -0.3 is 4.90 Å². The summed E-state index contributed by atoms with van der Waals surface area (Å²) < 4.78 is 2.07. The second-order valence-corrected chi connectivity index (χ2v) is 7.79. The van der Waals surface area contributed by atoms with Crippen LogP contribution in [0.25, 0.3) is 0 Å². The van der Waals surface area contributed by atoms with E-state index >= 15 is 0 Å². The first-order valence-corrected chi connectivity index (χ1v) is 9.90. The second-order valence-electron chi connectivity index (χ2n) is 7.79. The number of hydrogen-bond donors (Lipinski definition) is 0. The zero-order valence-electron chi connectivity index (χ0n) is 16.1. The van der Waals surface area contributed by atoms with Crippen molar-refractivity contribution >= 4 is 5.91 Å². The Morgan fingerprint density at radius 1 is 1.22 bits per heavy atom. The third-order valence-corrected chi connectivity index (χ3v) is 5.48. The lowest BCUT2D eigenvalue weighted by Gasteiger charge is -2.28. The summed E-state index contributed by atoms with van der Waals surface area (Å²) >= 11 is 0. The van der Waals surface area contributed by atoms with Crippen molar-refractivity contribution < 1.29 is 4.79 Å². The lowest BCUT2D eigenvalue weighted by Crippen LogP contribution is -2.38. The van der Waals surface area contributed by atoms with E-state index < -0.39 is 0 Å². The molecule has 1 atom stereocenters. The molecule has 0 fully saturated rings. The van der Waals surface area contributed by atoms with Gasteiger partial charge >= 0.3 is 0 Å². The molecule has 2 aromatic rings. The van der Waals surface area contributed by atoms with Crippen LogP contribution in [0.5, 0.6) is 0 Å². The van der Waals surface area contributed by atoms with E-state index in [-0.39, 0.29) is 5.91 Å². The third kappa shape index (κ3) is 4.48. The van der Waals surface area contributed by atoms with Gasteiger partial charge in [-0.3, -0.25) is 14.4 Å². The fourth-order valence-corrected chi connectivity index (χ4v) is 4.06. The lowest BCUT2D eigenvalue weighted by atomic mass is 10.0. The van der Waals surface area contributed by atoms with E-state index in [1.807, 2.05) is 11.0 Å². The van der Waals surface area contributed by atoms with Crippen molar-refractivity contribution in [1.82, 2.24) is 19.6 Å². The summed E-state index contributed by atoms with van der Waals surface area (Å²) in [5.74, 6) is 0.716. The van der Waals surface area contributed by atoms with Crippen molar-refractivity contribution in [1.29, 1.82) is 0 Å². The highest BCUT2D eigenvalue weighted by Crippen LogP contribution is 2.23. The lowest BCUT2D eigenvalue weighted by molar-refractivity contribution is -0.133. The van der Waals surface area contributed by atoms with Gasteiger partial charge in [0.2, 0.25) is 5.91 Å². The van der Waals surface area contributed by atoms with E-state index in [4.69, 9.17) is 5.10 Å². The van der Waals surface area contributed by atoms with Crippen molar-refractivity contribution in [2.75, 3.05) is 13.6 Å². The maximum Gasteiger partial charge on any atom is 0.223 e. The minimum absolute atomic E-state index is 0.279. The number of hydrogen-bond acceptors (Lipinski definition) is 3. The average molecular weight is 364 g/mol. The molecule has 0 bridgehead atoms. The first-order chi connectivity index (χ1) is 13.2. The Bertz CT molecular complexity index is 811. The van der Waals surface area contributed by atoms with Gasteiger partial charge in [0.25, 0.3) is 0 Å². The van der Waals surface area contributed by atoms with Gasteiger partial charge in [-0.1, -0.05) is 42.5 Å². The van der Waals surface area contributed by atoms with E-state index in [2.05, 4.69) is 59.1 Å². The Kier molecular flexibility index (Phi) is 5.39. The van der Waals surface area contributed by atoms with E-state index in [0.717, 1.165) is 50.4 Å². The molecule has 0 N–H and O–H groups in total. The standard InChI is InChI=1S/C22H28N4O/c1-24(15-19-9-3-2-4-10-19)16-20-14-21-17-25(11-12-26(21)23-20)22(27)13-18-7-5-6-8-18/h2-5,7,9-10,14,18H,6,8,11-13,15-17H2,1H3. The van der Waals surface area contributed by atoms with Crippen LogP contribution < -0.4 is 0 Å². The number of benzene rings is 1. The highest BCUT2D eigenvalue weighted by Gasteiger charge is 2.24. The Labute approximate surface area is 161 Å². The Morgan fingerprint density at radius 3 is 2.85 bits per heavy atom. The molecule has 1 aromatic carbocycles. The molecular formula is C22H28N4O. The van der Waals surface area contributed by atoms with Gasteiger partial charge in [0.05, 0.1) is 24.5 Å². The number of allylic oxidation sites excluding steroid dienone is 2. The molecule has 1 aliphatic heterocycles. The zero-order chi connectivity index (χ0) is 18.6. The summed E-state index contributed by atoms with van der Waals surface area (Å²) in [6.07, 6.45) is 7.28. The van der Waals surface area contributed by atoms with E-state index in [0.29, 0.717) is 18.9 Å². The largest absolute Gasteiger partial charge is 0.335 e. The molecule has 0 saturated heterocycles. The van der Waals surface area contributed by atoms with Gasteiger partial charge in [0.1, 0.15) is 0 Å². The van der Waals surface area contributed by atoms with Crippen molar-refractivity contribution in [2.24, 2.45) is 5.92 Å². The summed E-state index contributed by atoms with van der Waals surface area (Å²) in [4.78, 5) is 16.9. The van der Waals surface area contributed by atoms with Crippen molar-refractivity contribution in [3.63, 3.8) is 0 Å². The van der Waals surface area contributed by atoms with Crippen LogP contribution in [0.4, 0.5) is 0 Å². The number of aromatic nitrogens is 2. The molecule has 0 saturated carbocycles. The normalized spacial score (nSPS) is 18.9. The number of fused-ring (bicyclic) bond motifs is 1. The predicted molar refractivity (Wildman–Crippen MR) is 106 cm³/mol. The molecule has 5 heteroatoms. The SMILES string of the molecule is CN(Cc1ccccc1)Cc1cc2n(n1)CCN(C(=O)CC1C=CCC1)C2. The van der Waals surface area contributed by atoms with E-state index in [1.54, 1.807) is 0 Å². The van der Waals surface area contributed by atoms with Crippen LogP contribution in [0.3, 0.4) is 0 Å². The summed E-state index contributed by atoms with van der Waals surface area (Å²) in [6.45, 7) is 3.97. The molecule has 2 aliphatic rings. The van der Waals surface area contributed by atoms with Crippen LogP contribution >= 0.6 is 0 Å². The van der Waals surface area contributed by atoms with Gasteiger partial charge in [-0.05, 0) is 37.4 Å². The van der Waals surface area contributed by atoms with Gasteiger partial charge in [-0.25, -0.2) is 0 Å². The van der Waals surface area contributed by atoms with Crippen molar-refractivity contribution in [3.05, 3.63) is 65.5 Å². The Hall–Kier alpha value is -2.40. The first-order valence-electron chi connectivity index (χ1n) is 9.90. The van der Waals surface area contributed by atoms with Crippen molar-refractivity contribution in [3.8, 4) is 0 Å². The maximum absolute atomic E-state index is 12.6. The number of carbonyl (C=O) groups is 1. The van der Waals surface area contributed by atoms with Gasteiger partial charge in [-0.2, -0.15) is 5.10 Å². The molecule has 1 unspecified atom stereocenters. The molecule has 4 rings (SSSR count). The first kappa shape index (κ1) is 18.0. The zero-order valence-corrected chi connectivity index (χ0v) is 16.1. The summed E-state index contributed by atoms with van der Waals surface area (Å²) in [5.41, 5.74) is 3.54.